The van der Waals surface area contributed by atoms with Crippen molar-refractivity contribution in [3.8, 4) is 6.07 Å². The van der Waals surface area contributed by atoms with Crippen LogP contribution < -0.4 is 5.32 Å². The molecule has 1 aliphatic rings. The van der Waals surface area contributed by atoms with Gasteiger partial charge < -0.3 is 0 Å². The van der Waals surface area contributed by atoms with Gasteiger partial charge in [-0.15, -0.1) is 0 Å². The van der Waals surface area contributed by atoms with Crippen molar-refractivity contribution in [2.45, 2.75) is 58.2 Å². The minimum atomic E-state index is -0.306. The first-order valence-corrected chi connectivity index (χ1v) is 5.96. The first-order chi connectivity index (χ1) is 7.03. The Kier molecular flexibility index (Phi) is 4.12. The molecule has 1 saturated heterocycles. The Balaban J connectivity index is 2.61. The van der Waals surface area contributed by atoms with Gasteiger partial charge >= 0.3 is 0 Å². The Hall–Kier alpha value is -0.590. The molecule has 1 heterocycles. The maximum Gasteiger partial charge on any atom is 0.120 e. The average molecular weight is 209 g/mol. The SMILES string of the molecule is CCC(C)NC1(C#N)CCN(C(C)C)C1. The number of hydrogen-bond acceptors (Lipinski definition) is 3. The van der Waals surface area contributed by atoms with E-state index in [4.69, 9.17) is 0 Å². The van der Waals surface area contributed by atoms with Crippen molar-refractivity contribution in [3.05, 3.63) is 0 Å². The molecule has 86 valence electrons. The van der Waals surface area contributed by atoms with Crippen molar-refractivity contribution in [2.75, 3.05) is 13.1 Å². The maximum atomic E-state index is 9.32. The van der Waals surface area contributed by atoms with Crippen LogP contribution in [-0.4, -0.2) is 35.6 Å². The normalized spacial score (nSPS) is 29.3. The Morgan fingerprint density at radius 3 is 2.53 bits per heavy atom. The molecule has 3 heteroatoms. The number of nitrogens with zero attached hydrogens (tertiary/aromatic N) is 2. The first-order valence-electron chi connectivity index (χ1n) is 5.96. The monoisotopic (exact) mass is 209 g/mol. The van der Waals surface area contributed by atoms with Gasteiger partial charge in [0.2, 0.25) is 0 Å². The lowest BCUT2D eigenvalue weighted by atomic mass is 9.99. The second kappa shape index (κ2) is 4.96. The van der Waals surface area contributed by atoms with E-state index in [1.807, 2.05) is 0 Å². The van der Waals surface area contributed by atoms with Gasteiger partial charge in [-0.05, 0) is 33.6 Å². The lowest BCUT2D eigenvalue weighted by molar-refractivity contribution is 0.251. The summed E-state index contributed by atoms with van der Waals surface area (Å²) in [5, 5.41) is 12.8. The van der Waals surface area contributed by atoms with E-state index in [9.17, 15) is 5.26 Å². The summed E-state index contributed by atoms with van der Waals surface area (Å²) in [5.74, 6) is 0. The summed E-state index contributed by atoms with van der Waals surface area (Å²) < 4.78 is 0. The number of nitriles is 1. The van der Waals surface area contributed by atoms with Crippen LogP contribution in [0.4, 0.5) is 0 Å². The zero-order valence-electron chi connectivity index (χ0n) is 10.4. The highest BCUT2D eigenvalue weighted by Crippen LogP contribution is 2.23. The van der Waals surface area contributed by atoms with E-state index in [0.717, 1.165) is 25.9 Å². The second-order valence-corrected chi connectivity index (χ2v) is 4.96. The van der Waals surface area contributed by atoms with Gasteiger partial charge in [0.25, 0.3) is 0 Å². The van der Waals surface area contributed by atoms with Crippen molar-refractivity contribution >= 4 is 0 Å². The molecule has 2 atom stereocenters. The topological polar surface area (TPSA) is 39.1 Å². The number of rotatable bonds is 4. The molecule has 0 radical (unpaired) electrons. The summed E-state index contributed by atoms with van der Waals surface area (Å²) in [6.07, 6.45) is 2.02. The fraction of sp³-hybridized carbons (Fsp3) is 0.917. The molecule has 1 fully saturated rings. The minimum Gasteiger partial charge on any atom is -0.298 e. The van der Waals surface area contributed by atoms with Crippen LogP contribution in [0.3, 0.4) is 0 Å². The van der Waals surface area contributed by atoms with Gasteiger partial charge in [0.1, 0.15) is 5.54 Å². The highest BCUT2D eigenvalue weighted by atomic mass is 15.2. The van der Waals surface area contributed by atoms with Crippen molar-refractivity contribution < 1.29 is 0 Å². The molecule has 0 aliphatic carbocycles. The number of nitrogens with one attached hydrogen (secondary N) is 1. The van der Waals surface area contributed by atoms with Gasteiger partial charge in [0.05, 0.1) is 6.07 Å². The van der Waals surface area contributed by atoms with Crippen molar-refractivity contribution in [1.82, 2.24) is 10.2 Å². The molecule has 15 heavy (non-hydrogen) atoms. The van der Waals surface area contributed by atoms with Gasteiger partial charge in [-0.25, -0.2) is 0 Å². The van der Waals surface area contributed by atoms with Crippen LogP contribution in [-0.2, 0) is 0 Å². The summed E-state index contributed by atoms with van der Waals surface area (Å²) in [4.78, 5) is 2.37. The Morgan fingerprint density at radius 2 is 2.13 bits per heavy atom. The molecule has 0 aromatic rings. The van der Waals surface area contributed by atoms with E-state index in [1.54, 1.807) is 0 Å². The first kappa shape index (κ1) is 12.5. The van der Waals surface area contributed by atoms with Gasteiger partial charge in [0, 0.05) is 25.2 Å². The lowest BCUT2D eigenvalue weighted by Crippen LogP contribution is -2.50. The zero-order valence-corrected chi connectivity index (χ0v) is 10.4. The Morgan fingerprint density at radius 1 is 1.47 bits per heavy atom. The fourth-order valence-corrected chi connectivity index (χ4v) is 2.10. The molecule has 0 spiro atoms. The number of likely N-dealkylation sites (tertiary alicyclic amines) is 1. The second-order valence-electron chi connectivity index (χ2n) is 4.96. The lowest BCUT2D eigenvalue weighted by Gasteiger charge is -2.28. The van der Waals surface area contributed by atoms with Crippen molar-refractivity contribution in [2.24, 2.45) is 0 Å². The van der Waals surface area contributed by atoms with E-state index in [1.165, 1.54) is 0 Å². The summed E-state index contributed by atoms with van der Waals surface area (Å²) in [5.41, 5.74) is -0.306. The summed E-state index contributed by atoms with van der Waals surface area (Å²) in [6.45, 7) is 10.6. The van der Waals surface area contributed by atoms with Gasteiger partial charge in [-0.1, -0.05) is 6.92 Å². The molecule has 0 bridgehead atoms. The summed E-state index contributed by atoms with van der Waals surface area (Å²) >= 11 is 0. The Bertz CT molecular complexity index is 244. The third-order valence-electron chi connectivity index (χ3n) is 3.38. The van der Waals surface area contributed by atoms with Gasteiger partial charge in [-0.2, -0.15) is 5.26 Å². The van der Waals surface area contributed by atoms with E-state index in [-0.39, 0.29) is 5.54 Å². The van der Waals surface area contributed by atoms with Gasteiger partial charge in [-0.3, -0.25) is 10.2 Å². The molecular weight excluding hydrogens is 186 g/mol. The third kappa shape index (κ3) is 2.93. The maximum absolute atomic E-state index is 9.32. The van der Waals surface area contributed by atoms with Crippen LogP contribution >= 0.6 is 0 Å². The van der Waals surface area contributed by atoms with Crippen LogP contribution in [0.1, 0.15) is 40.5 Å². The quantitative estimate of drug-likeness (QED) is 0.766. The van der Waals surface area contributed by atoms with Crippen LogP contribution in [0.25, 0.3) is 0 Å². The summed E-state index contributed by atoms with van der Waals surface area (Å²) in [6, 6.07) is 3.44. The molecule has 3 nitrogen and oxygen atoms in total. The molecule has 0 aromatic carbocycles. The van der Waals surface area contributed by atoms with E-state index < -0.39 is 0 Å². The van der Waals surface area contributed by atoms with E-state index >= 15 is 0 Å². The smallest absolute Gasteiger partial charge is 0.120 e. The van der Waals surface area contributed by atoms with Crippen LogP contribution in [0.5, 0.6) is 0 Å². The molecule has 2 unspecified atom stereocenters. The molecule has 0 aromatic heterocycles. The minimum absolute atomic E-state index is 0.306. The van der Waals surface area contributed by atoms with E-state index in [0.29, 0.717) is 12.1 Å². The predicted molar refractivity (Wildman–Crippen MR) is 62.6 cm³/mol. The fourth-order valence-electron chi connectivity index (χ4n) is 2.10. The van der Waals surface area contributed by atoms with Crippen molar-refractivity contribution in [1.29, 1.82) is 5.26 Å². The van der Waals surface area contributed by atoms with Gasteiger partial charge in [0.15, 0.2) is 0 Å². The van der Waals surface area contributed by atoms with Crippen LogP contribution in [0.15, 0.2) is 0 Å². The Labute approximate surface area is 93.5 Å². The molecular formula is C12H23N3. The van der Waals surface area contributed by atoms with Crippen molar-refractivity contribution in [3.63, 3.8) is 0 Å². The largest absolute Gasteiger partial charge is 0.298 e. The standard InChI is InChI=1S/C12H23N3/c1-5-11(4)14-12(8-13)6-7-15(9-12)10(2)3/h10-11,14H,5-7,9H2,1-4H3. The summed E-state index contributed by atoms with van der Waals surface area (Å²) in [7, 11) is 0. The highest BCUT2D eigenvalue weighted by Gasteiger charge is 2.39. The number of hydrogen-bond donors (Lipinski definition) is 1. The van der Waals surface area contributed by atoms with Crippen LogP contribution in [0, 0.1) is 11.3 Å². The highest BCUT2D eigenvalue weighted by molar-refractivity contribution is 5.13. The third-order valence-corrected chi connectivity index (χ3v) is 3.38. The zero-order chi connectivity index (χ0) is 11.5. The van der Waals surface area contributed by atoms with Crippen LogP contribution in [0.2, 0.25) is 0 Å². The average Bonchev–Trinajstić information content (AvgIpc) is 2.63. The van der Waals surface area contributed by atoms with E-state index in [2.05, 4.69) is 44.0 Å². The molecule has 1 N–H and O–H groups in total. The molecule has 0 amide bonds. The molecule has 1 aliphatic heterocycles. The molecule has 1 rings (SSSR count). The molecule has 0 saturated carbocycles. The predicted octanol–water partition coefficient (Wildman–Crippen LogP) is 1.75.